The predicted molar refractivity (Wildman–Crippen MR) is 76.6 cm³/mol. The van der Waals surface area contributed by atoms with E-state index in [0.29, 0.717) is 23.6 Å². The Balaban J connectivity index is 2.69. The summed E-state index contributed by atoms with van der Waals surface area (Å²) < 4.78 is 10.4. The van der Waals surface area contributed by atoms with Crippen molar-refractivity contribution in [3.05, 3.63) is 23.3 Å². The minimum Gasteiger partial charge on any atom is -0.494 e. The first-order valence-electron chi connectivity index (χ1n) is 6.71. The standard InChI is InChI=1S/C15H23NO3/c1-4-5-6-7-8-19-12-9-11(2)14(16)13(10-12)15(17)18-3/h9-10H,4-8,16H2,1-3H3. The largest absolute Gasteiger partial charge is 0.494 e. The van der Waals surface area contributed by atoms with Crippen LogP contribution in [0.2, 0.25) is 0 Å². The molecule has 106 valence electrons. The fraction of sp³-hybridized carbons (Fsp3) is 0.533. The van der Waals surface area contributed by atoms with E-state index in [1.165, 1.54) is 20.0 Å². The molecule has 0 fully saturated rings. The number of carbonyl (C=O) groups excluding carboxylic acids is 1. The first kappa shape index (κ1) is 15.3. The van der Waals surface area contributed by atoms with Crippen molar-refractivity contribution in [1.29, 1.82) is 0 Å². The van der Waals surface area contributed by atoms with Crippen LogP contribution in [0.4, 0.5) is 5.69 Å². The quantitative estimate of drug-likeness (QED) is 0.466. The molecule has 0 atom stereocenters. The zero-order chi connectivity index (χ0) is 14.3. The zero-order valence-corrected chi connectivity index (χ0v) is 12.0. The summed E-state index contributed by atoms with van der Waals surface area (Å²) in [4.78, 5) is 11.6. The van der Waals surface area contributed by atoms with Crippen LogP contribution in [0, 0.1) is 6.92 Å². The molecule has 0 aliphatic heterocycles. The van der Waals surface area contributed by atoms with Crippen LogP contribution in [-0.4, -0.2) is 19.7 Å². The lowest BCUT2D eigenvalue weighted by Crippen LogP contribution is -2.08. The Morgan fingerprint density at radius 1 is 1.26 bits per heavy atom. The van der Waals surface area contributed by atoms with E-state index in [1.54, 1.807) is 6.07 Å². The number of esters is 1. The second-order valence-corrected chi connectivity index (χ2v) is 4.60. The van der Waals surface area contributed by atoms with Crippen LogP contribution in [0.15, 0.2) is 12.1 Å². The second-order valence-electron chi connectivity index (χ2n) is 4.60. The van der Waals surface area contributed by atoms with Gasteiger partial charge in [0.05, 0.1) is 19.3 Å². The Bertz CT molecular complexity index is 430. The molecule has 19 heavy (non-hydrogen) atoms. The third kappa shape index (κ3) is 4.47. The summed E-state index contributed by atoms with van der Waals surface area (Å²) in [5, 5.41) is 0. The molecule has 2 N–H and O–H groups in total. The van der Waals surface area contributed by atoms with Gasteiger partial charge in [0.25, 0.3) is 0 Å². The first-order chi connectivity index (χ1) is 9.10. The molecule has 0 aromatic heterocycles. The zero-order valence-electron chi connectivity index (χ0n) is 12.0. The van der Waals surface area contributed by atoms with Crippen LogP contribution in [0.5, 0.6) is 5.75 Å². The Morgan fingerprint density at radius 3 is 2.63 bits per heavy atom. The van der Waals surface area contributed by atoms with E-state index in [0.717, 1.165) is 18.4 Å². The number of benzene rings is 1. The van der Waals surface area contributed by atoms with Gasteiger partial charge in [0.1, 0.15) is 5.75 Å². The van der Waals surface area contributed by atoms with Crippen molar-refractivity contribution < 1.29 is 14.3 Å². The molecule has 0 aliphatic carbocycles. The highest BCUT2D eigenvalue weighted by Crippen LogP contribution is 2.25. The molecule has 0 unspecified atom stereocenters. The van der Waals surface area contributed by atoms with Gasteiger partial charge in [-0.15, -0.1) is 0 Å². The summed E-state index contributed by atoms with van der Waals surface area (Å²) in [6.45, 7) is 4.68. The van der Waals surface area contributed by atoms with Gasteiger partial charge < -0.3 is 15.2 Å². The van der Waals surface area contributed by atoms with Gasteiger partial charge in [0.2, 0.25) is 0 Å². The minimum atomic E-state index is -0.433. The Kier molecular flexibility index (Phi) is 6.19. The fourth-order valence-electron chi connectivity index (χ4n) is 1.85. The van der Waals surface area contributed by atoms with E-state index < -0.39 is 5.97 Å². The monoisotopic (exact) mass is 265 g/mol. The number of rotatable bonds is 7. The third-order valence-corrected chi connectivity index (χ3v) is 3.03. The predicted octanol–water partition coefficient (Wildman–Crippen LogP) is 3.32. The molecule has 1 aromatic carbocycles. The van der Waals surface area contributed by atoms with Crippen molar-refractivity contribution in [2.45, 2.75) is 39.5 Å². The van der Waals surface area contributed by atoms with Crippen LogP contribution < -0.4 is 10.5 Å². The Morgan fingerprint density at radius 2 is 2.00 bits per heavy atom. The van der Waals surface area contributed by atoms with Crippen LogP contribution >= 0.6 is 0 Å². The number of nitrogen functional groups attached to an aromatic ring is 1. The van der Waals surface area contributed by atoms with Gasteiger partial charge >= 0.3 is 5.97 Å². The van der Waals surface area contributed by atoms with Crippen molar-refractivity contribution in [2.75, 3.05) is 19.5 Å². The maximum absolute atomic E-state index is 11.6. The lowest BCUT2D eigenvalue weighted by Gasteiger charge is -2.11. The molecule has 0 saturated heterocycles. The lowest BCUT2D eigenvalue weighted by molar-refractivity contribution is 0.0601. The number of methoxy groups -OCH3 is 1. The lowest BCUT2D eigenvalue weighted by atomic mass is 10.1. The number of nitrogens with two attached hydrogens (primary N) is 1. The van der Waals surface area contributed by atoms with Crippen molar-refractivity contribution in [1.82, 2.24) is 0 Å². The molecule has 0 bridgehead atoms. The van der Waals surface area contributed by atoms with Crippen LogP contribution in [0.25, 0.3) is 0 Å². The number of ether oxygens (including phenoxy) is 2. The number of aryl methyl sites for hydroxylation is 1. The molecule has 0 amide bonds. The van der Waals surface area contributed by atoms with Gasteiger partial charge in [-0.3, -0.25) is 0 Å². The molecule has 1 rings (SSSR count). The molecule has 0 radical (unpaired) electrons. The molecule has 0 saturated carbocycles. The van der Waals surface area contributed by atoms with Crippen molar-refractivity contribution in [3.63, 3.8) is 0 Å². The summed E-state index contributed by atoms with van der Waals surface area (Å²) in [6, 6.07) is 3.50. The van der Waals surface area contributed by atoms with Crippen molar-refractivity contribution in [2.24, 2.45) is 0 Å². The van der Waals surface area contributed by atoms with Crippen molar-refractivity contribution >= 4 is 11.7 Å². The summed E-state index contributed by atoms with van der Waals surface area (Å²) >= 11 is 0. The first-order valence-corrected chi connectivity index (χ1v) is 6.71. The smallest absolute Gasteiger partial charge is 0.340 e. The SMILES string of the molecule is CCCCCCOc1cc(C)c(N)c(C(=O)OC)c1. The topological polar surface area (TPSA) is 61.5 Å². The molecule has 0 aliphatic rings. The van der Waals surface area contributed by atoms with Gasteiger partial charge in [-0.25, -0.2) is 4.79 Å². The molecule has 4 heteroatoms. The fourth-order valence-corrected chi connectivity index (χ4v) is 1.85. The van der Waals surface area contributed by atoms with Gasteiger partial charge in [-0.2, -0.15) is 0 Å². The maximum atomic E-state index is 11.6. The summed E-state index contributed by atoms with van der Waals surface area (Å²) in [5.41, 5.74) is 7.51. The second kappa shape index (κ2) is 7.67. The molecule has 0 heterocycles. The number of anilines is 1. The Labute approximate surface area is 114 Å². The van der Waals surface area contributed by atoms with E-state index in [-0.39, 0.29) is 0 Å². The minimum absolute atomic E-state index is 0.367. The Hall–Kier alpha value is -1.71. The third-order valence-electron chi connectivity index (χ3n) is 3.03. The van der Waals surface area contributed by atoms with Crippen molar-refractivity contribution in [3.8, 4) is 5.75 Å². The number of hydrogen-bond acceptors (Lipinski definition) is 4. The van der Waals surface area contributed by atoms with E-state index in [1.807, 2.05) is 13.0 Å². The summed E-state index contributed by atoms with van der Waals surface area (Å²) in [5.74, 6) is 0.237. The highest BCUT2D eigenvalue weighted by molar-refractivity contribution is 5.96. The average molecular weight is 265 g/mol. The van der Waals surface area contributed by atoms with Crippen LogP contribution in [0.1, 0.15) is 48.5 Å². The van der Waals surface area contributed by atoms with E-state index >= 15 is 0 Å². The molecule has 0 spiro atoms. The highest BCUT2D eigenvalue weighted by Gasteiger charge is 2.13. The normalized spacial score (nSPS) is 10.3. The van der Waals surface area contributed by atoms with E-state index in [2.05, 4.69) is 6.92 Å². The van der Waals surface area contributed by atoms with Gasteiger partial charge in [-0.1, -0.05) is 26.2 Å². The molecule has 4 nitrogen and oxygen atoms in total. The number of carbonyl (C=O) groups is 1. The maximum Gasteiger partial charge on any atom is 0.340 e. The van der Waals surface area contributed by atoms with Gasteiger partial charge in [-0.05, 0) is 31.0 Å². The van der Waals surface area contributed by atoms with E-state index in [9.17, 15) is 4.79 Å². The summed E-state index contributed by atoms with van der Waals surface area (Å²) in [7, 11) is 1.34. The molecular weight excluding hydrogens is 242 g/mol. The molecule has 1 aromatic rings. The number of hydrogen-bond donors (Lipinski definition) is 1. The average Bonchev–Trinajstić information content (AvgIpc) is 2.41. The summed E-state index contributed by atoms with van der Waals surface area (Å²) in [6.07, 6.45) is 4.60. The van der Waals surface area contributed by atoms with Gasteiger partial charge in [0.15, 0.2) is 0 Å². The van der Waals surface area contributed by atoms with Crippen LogP contribution in [0.3, 0.4) is 0 Å². The highest BCUT2D eigenvalue weighted by atomic mass is 16.5. The number of unbranched alkanes of at least 4 members (excludes halogenated alkanes) is 3. The molecular formula is C15H23NO3. The van der Waals surface area contributed by atoms with E-state index in [4.69, 9.17) is 15.2 Å². The van der Waals surface area contributed by atoms with Crippen LogP contribution in [-0.2, 0) is 4.74 Å². The van der Waals surface area contributed by atoms with Gasteiger partial charge in [0, 0.05) is 5.69 Å².